The number of rotatable bonds is 7. The standard InChI is InChI=1S/C32H31NO5S/c1-3-38-31(34)30-32(35,26-17-11-6-12-18-26)28(24-13-7-4-8-14-24)29(25-15-9-5-10-16-25)33(30)39(36,37)27-21-19-23(2)20-22-27/h4-22,28-30,35H,3H2,1-2H3/t28-,29+,30+,32-/m1/s1. The monoisotopic (exact) mass is 541 g/mol. The summed E-state index contributed by atoms with van der Waals surface area (Å²) >= 11 is 0. The number of benzene rings is 4. The molecule has 6 nitrogen and oxygen atoms in total. The molecular weight excluding hydrogens is 510 g/mol. The van der Waals surface area contributed by atoms with Gasteiger partial charge in [-0.1, -0.05) is 109 Å². The Balaban J connectivity index is 1.87. The van der Waals surface area contributed by atoms with E-state index in [0.717, 1.165) is 5.56 Å². The minimum absolute atomic E-state index is 0.0324. The third-order valence-electron chi connectivity index (χ3n) is 7.38. The van der Waals surface area contributed by atoms with Crippen molar-refractivity contribution in [3.8, 4) is 0 Å². The summed E-state index contributed by atoms with van der Waals surface area (Å²) in [5, 5.41) is 12.9. The Kier molecular flexibility index (Phi) is 7.40. The van der Waals surface area contributed by atoms with Crippen molar-refractivity contribution in [1.29, 1.82) is 0 Å². The van der Waals surface area contributed by atoms with E-state index < -0.39 is 39.6 Å². The molecule has 1 aliphatic heterocycles. The van der Waals surface area contributed by atoms with Gasteiger partial charge >= 0.3 is 5.97 Å². The lowest BCUT2D eigenvalue weighted by Gasteiger charge is -2.35. The Morgan fingerprint density at radius 3 is 1.87 bits per heavy atom. The smallest absolute Gasteiger partial charge is 0.327 e. The molecule has 4 aromatic rings. The molecule has 0 bridgehead atoms. The number of esters is 1. The van der Waals surface area contributed by atoms with Crippen LogP contribution in [-0.4, -0.2) is 36.4 Å². The molecule has 1 N–H and O–H groups in total. The van der Waals surface area contributed by atoms with Gasteiger partial charge in [-0.05, 0) is 42.7 Å². The van der Waals surface area contributed by atoms with Crippen LogP contribution in [-0.2, 0) is 25.2 Å². The summed E-state index contributed by atoms with van der Waals surface area (Å²) in [4.78, 5) is 13.9. The van der Waals surface area contributed by atoms with Crippen molar-refractivity contribution in [2.24, 2.45) is 0 Å². The second-order valence-corrected chi connectivity index (χ2v) is 11.6. The van der Waals surface area contributed by atoms with Crippen molar-refractivity contribution < 1.29 is 23.1 Å². The van der Waals surface area contributed by atoms with E-state index in [1.165, 1.54) is 16.4 Å². The van der Waals surface area contributed by atoms with Crippen molar-refractivity contribution in [3.05, 3.63) is 138 Å². The molecule has 7 heteroatoms. The summed E-state index contributed by atoms with van der Waals surface area (Å²) in [6.07, 6.45) is 0. The minimum atomic E-state index is -4.31. The minimum Gasteiger partial charge on any atom is -0.465 e. The number of nitrogens with zero attached hydrogens (tertiary/aromatic N) is 1. The first-order valence-electron chi connectivity index (χ1n) is 12.9. The first-order chi connectivity index (χ1) is 18.8. The number of carbonyl (C=O) groups is 1. The number of carbonyl (C=O) groups excluding carboxylic acids is 1. The topological polar surface area (TPSA) is 83.9 Å². The fraction of sp³-hybridized carbons (Fsp3) is 0.219. The van der Waals surface area contributed by atoms with E-state index in [1.807, 2.05) is 73.7 Å². The molecule has 5 rings (SSSR count). The summed E-state index contributed by atoms with van der Waals surface area (Å²) in [6, 6.07) is 31.3. The van der Waals surface area contributed by atoms with Crippen LogP contribution in [0.1, 0.15) is 41.1 Å². The molecule has 4 aromatic carbocycles. The molecular formula is C32H31NO5S. The Hall–Kier alpha value is -3.78. The normalized spacial score (nSPS) is 23.4. The van der Waals surface area contributed by atoms with Gasteiger partial charge in [0.05, 0.1) is 17.5 Å². The Morgan fingerprint density at radius 1 is 0.821 bits per heavy atom. The van der Waals surface area contributed by atoms with Crippen LogP contribution < -0.4 is 0 Å². The predicted octanol–water partition coefficient (Wildman–Crippen LogP) is 5.34. The van der Waals surface area contributed by atoms with E-state index in [2.05, 4.69) is 0 Å². The number of aliphatic hydroxyl groups is 1. The Bertz CT molecular complexity index is 1530. The van der Waals surface area contributed by atoms with E-state index in [0.29, 0.717) is 16.7 Å². The van der Waals surface area contributed by atoms with Crippen LogP contribution in [0.15, 0.2) is 120 Å². The number of aryl methyl sites for hydroxylation is 1. The van der Waals surface area contributed by atoms with Gasteiger partial charge in [0.2, 0.25) is 10.0 Å². The van der Waals surface area contributed by atoms with Crippen molar-refractivity contribution in [2.45, 2.75) is 42.3 Å². The van der Waals surface area contributed by atoms with Gasteiger partial charge in [0.15, 0.2) is 6.04 Å². The van der Waals surface area contributed by atoms with Gasteiger partial charge in [-0.25, -0.2) is 8.42 Å². The van der Waals surface area contributed by atoms with Gasteiger partial charge in [0.1, 0.15) is 5.60 Å². The number of sulfonamides is 1. The molecule has 0 radical (unpaired) electrons. The van der Waals surface area contributed by atoms with Crippen LogP contribution in [0, 0.1) is 6.92 Å². The first kappa shape index (κ1) is 26.8. The molecule has 0 aliphatic carbocycles. The second-order valence-electron chi connectivity index (χ2n) is 9.74. The van der Waals surface area contributed by atoms with Crippen LogP contribution >= 0.6 is 0 Å². The highest BCUT2D eigenvalue weighted by molar-refractivity contribution is 7.89. The largest absolute Gasteiger partial charge is 0.465 e. The van der Waals surface area contributed by atoms with Crippen molar-refractivity contribution in [2.75, 3.05) is 6.61 Å². The lowest BCUT2D eigenvalue weighted by molar-refractivity contribution is -0.155. The second kappa shape index (κ2) is 10.8. The van der Waals surface area contributed by atoms with Crippen LogP contribution in [0.25, 0.3) is 0 Å². The maximum Gasteiger partial charge on any atom is 0.327 e. The van der Waals surface area contributed by atoms with Gasteiger partial charge < -0.3 is 9.84 Å². The third-order valence-corrected chi connectivity index (χ3v) is 9.24. The summed E-state index contributed by atoms with van der Waals surface area (Å²) in [6.45, 7) is 3.57. The van der Waals surface area contributed by atoms with E-state index in [9.17, 15) is 18.3 Å². The zero-order valence-corrected chi connectivity index (χ0v) is 22.7. The molecule has 0 aromatic heterocycles. The maximum absolute atomic E-state index is 14.6. The average molecular weight is 542 g/mol. The molecule has 39 heavy (non-hydrogen) atoms. The fourth-order valence-corrected chi connectivity index (χ4v) is 7.46. The Labute approximate surface area is 229 Å². The van der Waals surface area contributed by atoms with Gasteiger partial charge in [-0.2, -0.15) is 4.31 Å². The highest BCUT2D eigenvalue weighted by Gasteiger charge is 2.66. The maximum atomic E-state index is 14.6. The average Bonchev–Trinajstić information content (AvgIpc) is 3.26. The van der Waals surface area contributed by atoms with Gasteiger partial charge in [0.25, 0.3) is 0 Å². The van der Waals surface area contributed by atoms with Crippen molar-refractivity contribution >= 4 is 16.0 Å². The van der Waals surface area contributed by atoms with Crippen molar-refractivity contribution in [1.82, 2.24) is 4.31 Å². The third kappa shape index (κ3) is 4.67. The van der Waals surface area contributed by atoms with E-state index in [1.54, 1.807) is 43.3 Å². The molecule has 0 saturated carbocycles. The zero-order valence-electron chi connectivity index (χ0n) is 21.8. The summed E-state index contributed by atoms with van der Waals surface area (Å²) in [7, 11) is -4.31. The quantitative estimate of drug-likeness (QED) is 0.319. The lowest BCUT2D eigenvalue weighted by atomic mass is 9.72. The van der Waals surface area contributed by atoms with E-state index in [4.69, 9.17) is 4.74 Å². The van der Waals surface area contributed by atoms with Gasteiger partial charge in [-0.15, -0.1) is 0 Å². The first-order valence-corrected chi connectivity index (χ1v) is 14.4. The van der Waals surface area contributed by atoms with Crippen LogP contribution in [0.2, 0.25) is 0 Å². The summed E-state index contributed by atoms with van der Waals surface area (Å²) in [5.74, 6) is -1.64. The molecule has 0 unspecified atom stereocenters. The Morgan fingerprint density at radius 2 is 1.33 bits per heavy atom. The highest BCUT2D eigenvalue weighted by atomic mass is 32.2. The van der Waals surface area contributed by atoms with Crippen LogP contribution in [0.5, 0.6) is 0 Å². The molecule has 1 fully saturated rings. The zero-order chi connectivity index (χ0) is 27.6. The molecule has 0 amide bonds. The molecule has 1 aliphatic rings. The summed E-state index contributed by atoms with van der Waals surface area (Å²) in [5.41, 5.74) is 0.740. The van der Waals surface area contributed by atoms with Gasteiger partial charge in [0, 0.05) is 5.92 Å². The fourth-order valence-electron chi connectivity index (χ4n) is 5.67. The highest BCUT2D eigenvalue weighted by Crippen LogP contribution is 2.59. The van der Waals surface area contributed by atoms with E-state index in [-0.39, 0.29) is 11.5 Å². The molecule has 0 spiro atoms. The lowest BCUT2D eigenvalue weighted by Crippen LogP contribution is -2.52. The SMILES string of the molecule is CCOC(=O)[C@@H]1N(S(=O)(=O)c2ccc(C)cc2)[C@@H](c2ccccc2)[C@@H](c2ccccc2)[C@]1(O)c1ccccc1. The molecule has 200 valence electrons. The summed E-state index contributed by atoms with van der Waals surface area (Å²) < 4.78 is 35.8. The van der Waals surface area contributed by atoms with E-state index >= 15 is 0 Å². The molecule has 4 atom stereocenters. The van der Waals surface area contributed by atoms with Gasteiger partial charge in [-0.3, -0.25) is 4.79 Å². The molecule has 1 heterocycles. The van der Waals surface area contributed by atoms with Crippen molar-refractivity contribution in [3.63, 3.8) is 0 Å². The molecule has 1 saturated heterocycles. The van der Waals surface area contributed by atoms with Crippen LogP contribution in [0.3, 0.4) is 0 Å². The number of hydrogen-bond donors (Lipinski definition) is 1. The van der Waals surface area contributed by atoms with Crippen LogP contribution in [0.4, 0.5) is 0 Å². The number of hydrogen-bond acceptors (Lipinski definition) is 5. The predicted molar refractivity (Wildman–Crippen MR) is 149 cm³/mol. The number of ether oxygens (including phenoxy) is 1.